The van der Waals surface area contributed by atoms with Crippen LogP contribution in [0.3, 0.4) is 0 Å². The molecule has 2 heterocycles. The maximum atomic E-state index is 4.50. The molecule has 1 aliphatic heterocycles. The van der Waals surface area contributed by atoms with E-state index < -0.39 is 0 Å². The van der Waals surface area contributed by atoms with Crippen LogP contribution in [0.2, 0.25) is 0 Å². The Morgan fingerprint density at radius 1 is 1.60 bits per heavy atom. The van der Waals surface area contributed by atoms with Crippen LogP contribution in [-0.2, 0) is 0 Å². The van der Waals surface area contributed by atoms with Gasteiger partial charge in [0.2, 0.25) is 0 Å². The number of piperazine rings is 1. The molecule has 0 radical (unpaired) electrons. The van der Waals surface area contributed by atoms with Gasteiger partial charge in [-0.05, 0) is 19.2 Å². The Labute approximate surface area is 94.5 Å². The van der Waals surface area contributed by atoms with E-state index in [4.69, 9.17) is 0 Å². The van der Waals surface area contributed by atoms with E-state index in [1.807, 2.05) is 18.5 Å². The Hall–Kier alpha value is -0.810. The van der Waals surface area contributed by atoms with Crippen molar-refractivity contribution in [1.82, 2.24) is 15.3 Å². The van der Waals surface area contributed by atoms with Crippen LogP contribution in [0, 0.1) is 0 Å². The van der Waals surface area contributed by atoms with Crippen LogP contribution >= 0.6 is 11.8 Å². The van der Waals surface area contributed by atoms with Gasteiger partial charge in [0.15, 0.2) is 5.16 Å². The van der Waals surface area contributed by atoms with Crippen LogP contribution in [-0.4, -0.2) is 41.9 Å². The molecule has 1 aliphatic rings. The number of nitrogens with zero attached hydrogens (tertiary/aromatic N) is 3. The minimum atomic E-state index is 0.534. The molecule has 1 aromatic heterocycles. The van der Waals surface area contributed by atoms with Crippen molar-refractivity contribution in [3.8, 4) is 0 Å². The Kier molecular flexibility index (Phi) is 3.43. The Morgan fingerprint density at radius 2 is 2.47 bits per heavy atom. The molecule has 5 heteroatoms. The summed E-state index contributed by atoms with van der Waals surface area (Å²) < 4.78 is 0. The molecule has 2 rings (SSSR count). The highest BCUT2D eigenvalue weighted by Gasteiger charge is 2.16. The molecule has 1 fully saturated rings. The fraction of sp³-hybridized carbons (Fsp3) is 0.600. The lowest BCUT2D eigenvalue weighted by molar-refractivity contribution is 0.481. The number of aromatic nitrogens is 2. The van der Waals surface area contributed by atoms with Crippen LogP contribution in [0.15, 0.2) is 17.4 Å². The lowest BCUT2D eigenvalue weighted by Gasteiger charge is -2.32. The summed E-state index contributed by atoms with van der Waals surface area (Å²) in [6.45, 7) is 5.27. The number of anilines is 1. The highest BCUT2D eigenvalue weighted by atomic mass is 32.2. The molecular weight excluding hydrogens is 208 g/mol. The van der Waals surface area contributed by atoms with Crippen LogP contribution in [0.25, 0.3) is 0 Å². The van der Waals surface area contributed by atoms with Gasteiger partial charge in [-0.25, -0.2) is 9.97 Å². The third kappa shape index (κ3) is 2.60. The van der Waals surface area contributed by atoms with E-state index in [0.717, 1.165) is 30.6 Å². The standard InChI is InChI=1S/C10H16N4S/c1-8-7-14(6-5-11-8)9-3-4-12-10(13-9)15-2/h3-4,8,11H,5-7H2,1-2H3/t8-/m1/s1. The molecule has 1 saturated heterocycles. The van der Waals surface area contributed by atoms with Gasteiger partial charge < -0.3 is 10.2 Å². The molecule has 15 heavy (non-hydrogen) atoms. The summed E-state index contributed by atoms with van der Waals surface area (Å²) in [5, 5.41) is 4.27. The quantitative estimate of drug-likeness (QED) is 0.599. The molecule has 0 unspecified atom stereocenters. The normalized spacial score (nSPS) is 21.7. The van der Waals surface area contributed by atoms with E-state index in [2.05, 4.69) is 27.1 Å². The topological polar surface area (TPSA) is 41.1 Å². The zero-order valence-corrected chi connectivity index (χ0v) is 9.92. The minimum absolute atomic E-state index is 0.534. The third-order valence-corrected chi connectivity index (χ3v) is 3.06. The largest absolute Gasteiger partial charge is 0.354 e. The molecular formula is C10H16N4S. The van der Waals surface area contributed by atoms with Crippen LogP contribution < -0.4 is 10.2 Å². The molecule has 4 nitrogen and oxygen atoms in total. The Balaban J connectivity index is 2.13. The number of hydrogen-bond acceptors (Lipinski definition) is 5. The van der Waals surface area contributed by atoms with Gasteiger partial charge in [0, 0.05) is 31.9 Å². The molecule has 0 aromatic carbocycles. The van der Waals surface area contributed by atoms with E-state index in [9.17, 15) is 0 Å². The predicted octanol–water partition coefficient (Wildman–Crippen LogP) is 0.997. The molecule has 0 amide bonds. The zero-order chi connectivity index (χ0) is 10.7. The first-order valence-electron chi connectivity index (χ1n) is 5.15. The van der Waals surface area contributed by atoms with Gasteiger partial charge in [0.1, 0.15) is 5.82 Å². The summed E-state index contributed by atoms with van der Waals surface area (Å²) in [5.41, 5.74) is 0. The average molecular weight is 224 g/mol. The summed E-state index contributed by atoms with van der Waals surface area (Å²) in [4.78, 5) is 11.0. The molecule has 0 spiro atoms. The van der Waals surface area contributed by atoms with Crippen molar-refractivity contribution < 1.29 is 0 Å². The molecule has 0 bridgehead atoms. The number of nitrogens with one attached hydrogen (secondary N) is 1. The van der Waals surface area contributed by atoms with Gasteiger partial charge >= 0.3 is 0 Å². The van der Waals surface area contributed by atoms with Crippen molar-refractivity contribution in [3.05, 3.63) is 12.3 Å². The number of thioether (sulfide) groups is 1. The van der Waals surface area contributed by atoms with Crippen molar-refractivity contribution >= 4 is 17.6 Å². The minimum Gasteiger partial charge on any atom is -0.354 e. The summed E-state index contributed by atoms with van der Waals surface area (Å²) >= 11 is 1.58. The second-order valence-corrected chi connectivity index (χ2v) is 4.48. The van der Waals surface area contributed by atoms with Crippen LogP contribution in [0.4, 0.5) is 5.82 Å². The second kappa shape index (κ2) is 4.81. The average Bonchev–Trinajstić information content (AvgIpc) is 2.29. The van der Waals surface area contributed by atoms with Crippen molar-refractivity contribution in [1.29, 1.82) is 0 Å². The fourth-order valence-corrected chi connectivity index (χ4v) is 2.10. The molecule has 1 N–H and O–H groups in total. The van der Waals surface area contributed by atoms with E-state index in [1.54, 1.807) is 11.8 Å². The lowest BCUT2D eigenvalue weighted by Crippen LogP contribution is -2.49. The van der Waals surface area contributed by atoms with Crippen molar-refractivity contribution in [2.75, 3.05) is 30.8 Å². The van der Waals surface area contributed by atoms with E-state index in [0.29, 0.717) is 6.04 Å². The first-order valence-corrected chi connectivity index (χ1v) is 6.37. The maximum absolute atomic E-state index is 4.50. The van der Waals surface area contributed by atoms with Gasteiger partial charge in [-0.2, -0.15) is 0 Å². The Morgan fingerprint density at radius 3 is 3.20 bits per heavy atom. The first-order chi connectivity index (χ1) is 7.29. The van der Waals surface area contributed by atoms with E-state index >= 15 is 0 Å². The van der Waals surface area contributed by atoms with Crippen molar-refractivity contribution in [3.63, 3.8) is 0 Å². The van der Waals surface area contributed by atoms with Crippen molar-refractivity contribution in [2.45, 2.75) is 18.1 Å². The molecule has 1 aromatic rings. The maximum Gasteiger partial charge on any atom is 0.189 e. The Bertz CT molecular complexity index is 331. The summed E-state index contributed by atoms with van der Waals surface area (Å²) in [6.07, 6.45) is 3.83. The van der Waals surface area contributed by atoms with Crippen molar-refractivity contribution in [2.24, 2.45) is 0 Å². The number of hydrogen-bond donors (Lipinski definition) is 1. The third-order valence-electron chi connectivity index (χ3n) is 2.49. The van der Waals surface area contributed by atoms with Crippen LogP contribution in [0.1, 0.15) is 6.92 Å². The smallest absolute Gasteiger partial charge is 0.189 e. The van der Waals surface area contributed by atoms with Gasteiger partial charge in [-0.15, -0.1) is 0 Å². The highest BCUT2D eigenvalue weighted by molar-refractivity contribution is 7.98. The summed E-state index contributed by atoms with van der Waals surface area (Å²) in [6, 6.07) is 2.52. The summed E-state index contributed by atoms with van der Waals surface area (Å²) in [7, 11) is 0. The van der Waals surface area contributed by atoms with Crippen LogP contribution in [0.5, 0.6) is 0 Å². The SMILES string of the molecule is CSc1nccc(N2CCN[C@H](C)C2)n1. The molecule has 0 saturated carbocycles. The number of rotatable bonds is 2. The van der Waals surface area contributed by atoms with E-state index in [-0.39, 0.29) is 0 Å². The molecule has 0 aliphatic carbocycles. The van der Waals surface area contributed by atoms with Gasteiger partial charge in [-0.3, -0.25) is 0 Å². The first kappa shape index (κ1) is 10.7. The second-order valence-electron chi connectivity index (χ2n) is 3.70. The van der Waals surface area contributed by atoms with Gasteiger partial charge in [0.25, 0.3) is 0 Å². The zero-order valence-electron chi connectivity index (χ0n) is 9.10. The fourth-order valence-electron chi connectivity index (χ4n) is 1.75. The van der Waals surface area contributed by atoms with E-state index in [1.165, 1.54) is 0 Å². The monoisotopic (exact) mass is 224 g/mol. The lowest BCUT2D eigenvalue weighted by atomic mass is 10.2. The van der Waals surface area contributed by atoms with Gasteiger partial charge in [0.05, 0.1) is 0 Å². The summed E-state index contributed by atoms with van der Waals surface area (Å²) in [5.74, 6) is 1.04. The highest BCUT2D eigenvalue weighted by Crippen LogP contribution is 2.16. The molecule has 1 atom stereocenters. The molecule has 82 valence electrons. The van der Waals surface area contributed by atoms with Gasteiger partial charge in [-0.1, -0.05) is 11.8 Å². The predicted molar refractivity (Wildman–Crippen MR) is 63.5 cm³/mol.